The van der Waals surface area contributed by atoms with E-state index in [2.05, 4.69) is 21.3 Å². The van der Waals surface area contributed by atoms with E-state index < -0.39 is 6.03 Å². The molecule has 1 aromatic carbocycles. The lowest BCUT2D eigenvalue weighted by Crippen LogP contribution is -2.33. The molecule has 144 valence electrons. The van der Waals surface area contributed by atoms with Crippen LogP contribution in [0.5, 0.6) is 0 Å². The molecular formula is C18H23N5O4. The molecular weight excluding hydrogens is 350 g/mol. The number of carbonyl (C=O) groups excluding carboxylic acids is 4. The summed E-state index contributed by atoms with van der Waals surface area (Å²) in [6.07, 6.45) is 2.50. The van der Waals surface area contributed by atoms with Crippen molar-refractivity contribution < 1.29 is 19.2 Å². The van der Waals surface area contributed by atoms with Crippen molar-refractivity contribution in [2.75, 3.05) is 36.8 Å². The number of nitrogens with one attached hydrogen (secondary N) is 4. The number of hydrogen-bond acceptors (Lipinski definition) is 5. The normalized spacial score (nSPS) is 16.2. The molecule has 9 heteroatoms. The van der Waals surface area contributed by atoms with Crippen LogP contribution in [0.4, 0.5) is 16.2 Å². The van der Waals surface area contributed by atoms with Crippen molar-refractivity contribution in [3.63, 3.8) is 0 Å². The van der Waals surface area contributed by atoms with Crippen LogP contribution in [-0.2, 0) is 14.4 Å². The van der Waals surface area contributed by atoms with Gasteiger partial charge < -0.3 is 21.3 Å². The maximum Gasteiger partial charge on any atom is 0.324 e. The predicted molar refractivity (Wildman–Crippen MR) is 99.0 cm³/mol. The van der Waals surface area contributed by atoms with Gasteiger partial charge in [-0.1, -0.05) is 0 Å². The molecule has 5 amide bonds. The number of imide groups is 1. The zero-order valence-electron chi connectivity index (χ0n) is 14.9. The van der Waals surface area contributed by atoms with E-state index in [1.807, 2.05) is 0 Å². The molecule has 2 fully saturated rings. The van der Waals surface area contributed by atoms with Gasteiger partial charge >= 0.3 is 6.03 Å². The third kappa shape index (κ3) is 5.78. The van der Waals surface area contributed by atoms with E-state index in [1.165, 1.54) is 12.8 Å². The lowest BCUT2D eigenvalue weighted by molar-refractivity contribution is -0.125. The van der Waals surface area contributed by atoms with Crippen molar-refractivity contribution in [3.8, 4) is 0 Å². The summed E-state index contributed by atoms with van der Waals surface area (Å²) in [5, 5.41) is 11.0. The second-order valence-corrected chi connectivity index (χ2v) is 6.70. The first-order valence-electron chi connectivity index (χ1n) is 9.00. The number of urea groups is 1. The molecule has 1 aliphatic carbocycles. The first-order chi connectivity index (χ1) is 13.0. The van der Waals surface area contributed by atoms with Gasteiger partial charge in [-0.25, -0.2) is 4.79 Å². The van der Waals surface area contributed by atoms with Crippen molar-refractivity contribution >= 4 is 35.1 Å². The quantitative estimate of drug-likeness (QED) is 0.470. The molecule has 0 radical (unpaired) electrons. The lowest BCUT2D eigenvalue weighted by Gasteiger charge is -2.12. The van der Waals surface area contributed by atoms with Crippen LogP contribution in [0, 0.1) is 5.92 Å². The van der Waals surface area contributed by atoms with E-state index in [4.69, 9.17) is 0 Å². The largest absolute Gasteiger partial charge is 0.329 e. The number of hydrogen-bond donors (Lipinski definition) is 4. The smallest absolute Gasteiger partial charge is 0.324 e. The Hall–Kier alpha value is -2.94. The molecule has 3 rings (SSSR count). The molecule has 1 heterocycles. The van der Waals surface area contributed by atoms with Crippen LogP contribution < -0.4 is 21.3 Å². The molecule has 0 bridgehead atoms. The molecule has 0 spiro atoms. The van der Waals surface area contributed by atoms with Crippen molar-refractivity contribution in [1.29, 1.82) is 0 Å². The van der Waals surface area contributed by atoms with Crippen LogP contribution in [0.25, 0.3) is 0 Å². The summed E-state index contributed by atoms with van der Waals surface area (Å²) < 4.78 is 0. The second-order valence-electron chi connectivity index (χ2n) is 6.70. The third-order valence-electron chi connectivity index (χ3n) is 4.37. The van der Waals surface area contributed by atoms with Gasteiger partial charge in [0.15, 0.2) is 0 Å². The van der Waals surface area contributed by atoms with Crippen molar-refractivity contribution in [1.82, 2.24) is 15.5 Å². The number of benzene rings is 1. The van der Waals surface area contributed by atoms with Gasteiger partial charge in [-0.2, -0.15) is 0 Å². The number of amides is 5. The Morgan fingerprint density at radius 2 is 1.67 bits per heavy atom. The molecule has 9 nitrogen and oxygen atoms in total. The van der Waals surface area contributed by atoms with E-state index in [0.717, 1.165) is 17.4 Å². The molecule has 0 aromatic heterocycles. The SMILES string of the molecule is O=C(CCN1C(=O)CNC1=O)Nc1ccc(NC(=O)CNCC2CC2)cc1. The van der Waals surface area contributed by atoms with Crippen LogP contribution in [0.3, 0.4) is 0 Å². The monoisotopic (exact) mass is 373 g/mol. The van der Waals surface area contributed by atoms with Gasteiger partial charge in [-0.05, 0) is 49.6 Å². The highest BCUT2D eigenvalue weighted by Crippen LogP contribution is 2.27. The van der Waals surface area contributed by atoms with E-state index in [0.29, 0.717) is 11.4 Å². The highest BCUT2D eigenvalue weighted by atomic mass is 16.2. The summed E-state index contributed by atoms with van der Waals surface area (Å²) in [5.74, 6) is -0.0252. The number of anilines is 2. The molecule has 0 atom stereocenters. The topological polar surface area (TPSA) is 120 Å². The zero-order valence-corrected chi connectivity index (χ0v) is 14.9. The van der Waals surface area contributed by atoms with Gasteiger partial charge in [0.1, 0.15) is 0 Å². The molecule has 27 heavy (non-hydrogen) atoms. The number of nitrogens with zero attached hydrogens (tertiary/aromatic N) is 1. The van der Waals surface area contributed by atoms with Crippen LogP contribution in [-0.4, -0.2) is 54.8 Å². The number of carbonyl (C=O) groups is 4. The molecule has 2 aliphatic rings. The fourth-order valence-electron chi connectivity index (χ4n) is 2.67. The van der Waals surface area contributed by atoms with Gasteiger partial charge in [0.05, 0.1) is 13.1 Å². The highest BCUT2D eigenvalue weighted by molar-refractivity contribution is 6.02. The van der Waals surface area contributed by atoms with Gasteiger partial charge in [0, 0.05) is 24.3 Å². The zero-order chi connectivity index (χ0) is 19.2. The molecule has 0 unspecified atom stereocenters. The van der Waals surface area contributed by atoms with Crippen LogP contribution in [0.15, 0.2) is 24.3 Å². The van der Waals surface area contributed by atoms with Crippen LogP contribution in [0.1, 0.15) is 19.3 Å². The molecule has 1 aliphatic heterocycles. The maximum atomic E-state index is 12.0. The Bertz CT molecular complexity index is 714. The Kier molecular flexibility index (Phi) is 6.02. The average molecular weight is 373 g/mol. The second kappa shape index (κ2) is 8.63. The average Bonchev–Trinajstić information content (AvgIpc) is 3.40. The summed E-state index contributed by atoms with van der Waals surface area (Å²) in [7, 11) is 0. The third-order valence-corrected chi connectivity index (χ3v) is 4.37. The van der Waals surface area contributed by atoms with Gasteiger partial charge in [-0.15, -0.1) is 0 Å². The summed E-state index contributed by atoms with van der Waals surface area (Å²) in [4.78, 5) is 47.7. The van der Waals surface area contributed by atoms with Crippen LogP contribution >= 0.6 is 0 Å². The molecule has 1 saturated carbocycles. The highest BCUT2D eigenvalue weighted by Gasteiger charge is 2.28. The summed E-state index contributed by atoms with van der Waals surface area (Å²) in [5.41, 5.74) is 1.22. The maximum absolute atomic E-state index is 12.0. The van der Waals surface area contributed by atoms with Gasteiger partial charge in [0.2, 0.25) is 17.7 Å². The Morgan fingerprint density at radius 1 is 1.04 bits per heavy atom. The Morgan fingerprint density at radius 3 is 2.22 bits per heavy atom. The first-order valence-corrected chi connectivity index (χ1v) is 9.00. The fourth-order valence-corrected chi connectivity index (χ4v) is 2.67. The summed E-state index contributed by atoms with van der Waals surface area (Å²) in [6, 6.07) is 6.29. The number of rotatable bonds is 9. The van der Waals surface area contributed by atoms with Crippen LogP contribution in [0.2, 0.25) is 0 Å². The molecule has 1 aromatic rings. The van der Waals surface area contributed by atoms with Crippen molar-refractivity contribution in [2.24, 2.45) is 5.92 Å². The standard InChI is InChI=1S/C18H23N5O4/c24-15(7-8-23-17(26)11-20-18(23)27)21-13-3-5-14(6-4-13)22-16(25)10-19-9-12-1-2-12/h3-6,12,19H,1-2,7-11H2,(H,20,27)(H,21,24)(H,22,25). The predicted octanol–water partition coefficient (Wildman–Crippen LogP) is 0.505. The van der Waals surface area contributed by atoms with Gasteiger partial charge in [-0.3, -0.25) is 19.3 Å². The van der Waals surface area contributed by atoms with E-state index in [1.54, 1.807) is 24.3 Å². The lowest BCUT2D eigenvalue weighted by atomic mass is 10.2. The van der Waals surface area contributed by atoms with Crippen molar-refractivity contribution in [3.05, 3.63) is 24.3 Å². The van der Waals surface area contributed by atoms with Crippen molar-refractivity contribution in [2.45, 2.75) is 19.3 Å². The summed E-state index contributed by atoms with van der Waals surface area (Å²) >= 11 is 0. The van der Waals surface area contributed by atoms with E-state index in [9.17, 15) is 19.2 Å². The Balaban J connectivity index is 1.38. The molecule has 1 saturated heterocycles. The summed E-state index contributed by atoms with van der Waals surface area (Å²) in [6.45, 7) is 1.17. The Labute approximate surface area is 156 Å². The first kappa shape index (κ1) is 18.8. The van der Waals surface area contributed by atoms with Gasteiger partial charge in [0.25, 0.3) is 0 Å². The minimum Gasteiger partial charge on any atom is -0.329 e. The van der Waals surface area contributed by atoms with E-state index in [-0.39, 0.29) is 43.8 Å². The van der Waals surface area contributed by atoms with E-state index >= 15 is 0 Å². The fraction of sp³-hybridized carbons (Fsp3) is 0.444. The molecule has 4 N–H and O–H groups in total. The minimum atomic E-state index is -0.473. The minimum absolute atomic E-state index is 0.0182.